The van der Waals surface area contributed by atoms with E-state index < -0.39 is 40.6 Å². The Balaban J connectivity index is 1.51. The summed E-state index contributed by atoms with van der Waals surface area (Å²) in [5.41, 5.74) is -0.566. The quantitative estimate of drug-likeness (QED) is 0.253. The van der Waals surface area contributed by atoms with Crippen molar-refractivity contribution in [2.45, 2.75) is 13.0 Å². The number of carbonyl (C=O) groups excluding carboxylic acids is 1. The Hall–Kier alpha value is -4.61. The number of aryl methyl sites for hydroxylation is 1. The molecule has 0 saturated carbocycles. The van der Waals surface area contributed by atoms with Crippen molar-refractivity contribution < 1.29 is 21.5 Å². The minimum absolute atomic E-state index is 0.0701. The van der Waals surface area contributed by atoms with Crippen LogP contribution in [0.25, 0.3) is 5.57 Å². The molecule has 13 heteroatoms. The molecule has 4 aromatic rings. The summed E-state index contributed by atoms with van der Waals surface area (Å²) in [5, 5.41) is 2.54. The summed E-state index contributed by atoms with van der Waals surface area (Å²) in [6.45, 7) is -2.55. The van der Waals surface area contributed by atoms with Crippen molar-refractivity contribution in [1.29, 1.82) is 0 Å². The van der Waals surface area contributed by atoms with Crippen LogP contribution >= 0.6 is 6.83 Å². The summed E-state index contributed by atoms with van der Waals surface area (Å²) in [6.07, 6.45) is 4.81. The molecule has 6 rings (SSSR count). The third kappa shape index (κ3) is 4.85. The van der Waals surface area contributed by atoms with Gasteiger partial charge < -0.3 is 0 Å². The van der Waals surface area contributed by atoms with Gasteiger partial charge in [0.15, 0.2) is 0 Å². The third-order valence-corrected chi connectivity index (χ3v) is 15.6. The van der Waals surface area contributed by atoms with Crippen LogP contribution < -0.4 is 27.2 Å². The second-order valence-corrected chi connectivity index (χ2v) is 16.8. The molecule has 3 aromatic carbocycles. The van der Waals surface area contributed by atoms with Crippen molar-refractivity contribution in [3.63, 3.8) is 0 Å². The second-order valence-electron chi connectivity index (χ2n) is 11.1. The number of rotatable bonds is 9. The summed E-state index contributed by atoms with van der Waals surface area (Å²) in [4.78, 5) is 40.5. The van der Waals surface area contributed by atoms with Crippen LogP contribution in [0.15, 0.2) is 125 Å². The molecule has 46 heavy (non-hydrogen) atoms. The van der Waals surface area contributed by atoms with E-state index in [4.69, 9.17) is 8.25 Å². The van der Waals surface area contributed by atoms with Crippen LogP contribution in [0.5, 0.6) is 0 Å². The fourth-order valence-corrected chi connectivity index (χ4v) is 13.8. The first-order valence-electron chi connectivity index (χ1n) is 14.6. The van der Waals surface area contributed by atoms with Crippen LogP contribution in [0.2, 0.25) is 0 Å². The van der Waals surface area contributed by atoms with Gasteiger partial charge >= 0.3 is 267 Å². The first-order chi connectivity index (χ1) is 22.0. The number of nitrogens with zero attached hydrogens (tertiary/aromatic N) is 4. The van der Waals surface area contributed by atoms with Crippen LogP contribution in [-0.4, -0.2) is 52.7 Å². The van der Waals surface area contributed by atoms with Gasteiger partial charge in [0.05, 0.1) is 0 Å². The van der Waals surface area contributed by atoms with Crippen LogP contribution in [0.1, 0.15) is 12.5 Å². The van der Waals surface area contributed by atoms with Crippen LogP contribution in [-0.2, 0) is 32.7 Å². The van der Waals surface area contributed by atoms with E-state index in [0.717, 1.165) is 9.63 Å². The molecular weight excluding hydrogens is 627 g/mol. The molecule has 0 N–H and O–H groups in total. The molecule has 1 unspecified atom stereocenters. The Bertz CT molecular complexity index is 2000. The molecule has 2 bridgehead atoms. The molecule has 0 spiro atoms. The molecule has 11 nitrogen and oxygen atoms in total. The number of amides is 2. The molecule has 1 atom stereocenters. The van der Waals surface area contributed by atoms with Crippen molar-refractivity contribution in [3.05, 3.63) is 142 Å². The van der Waals surface area contributed by atoms with Crippen LogP contribution in [0.3, 0.4) is 0 Å². The summed E-state index contributed by atoms with van der Waals surface area (Å²) < 4.78 is 43.2. The van der Waals surface area contributed by atoms with E-state index in [0.29, 0.717) is 21.5 Å². The predicted octanol–water partition coefficient (Wildman–Crippen LogP) is 2.76. The molecule has 0 radical (unpaired) electrons. The molecule has 2 aliphatic rings. The van der Waals surface area contributed by atoms with Gasteiger partial charge in [0.2, 0.25) is 0 Å². The zero-order valence-electron chi connectivity index (χ0n) is 25.5. The van der Waals surface area contributed by atoms with E-state index in [-0.39, 0.29) is 18.7 Å². The fourth-order valence-electron chi connectivity index (χ4n) is 6.35. The van der Waals surface area contributed by atoms with Crippen molar-refractivity contribution in [2.75, 3.05) is 13.1 Å². The minimum atomic E-state index is -5.04. The number of allylic oxidation sites excluding steroid dienone is 1. The van der Waals surface area contributed by atoms with Crippen LogP contribution in [0.4, 0.5) is 4.79 Å². The maximum absolute atomic E-state index is 14.4. The van der Waals surface area contributed by atoms with Gasteiger partial charge in [-0.15, -0.1) is 0 Å². The van der Waals surface area contributed by atoms with Crippen molar-refractivity contribution >= 4 is 44.7 Å². The van der Waals surface area contributed by atoms with Gasteiger partial charge in [-0.05, 0) is 0 Å². The number of hydrogen-bond donors (Lipinski definition) is 0. The standard InChI is InChI=1S/C33H33N4O7PS/c1-4-22-45(25-14-8-5-9-15-25,26-16-10-6-11-17-26,27-18-12-7-13-19-27)44-46(41,42)43-37-30-24-36(33(37)40)21-20-28(30)29-23-34(2)32(39)35(3)31(29)38/h4-20,22-23,30H,21,24H2,1-3H3. The van der Waals surface area contributed by atoms with Gasteiger partial charge in [-0.1, -0.05) is 0 Å². The Kier molecular flexibility index (Phi) is 7.94. The molecular formula is C33H33N4O7PS. The van der Waals surface area contributed by atoms with E-state index in [1.54, 1.807) is 24.9 Å². The first-order valence-corrected chi connectivity index (χ1v) is 18.1. The zero-order chi connectivity index (χ0) is 32.7. The zero-order valence-corrected chi connectivity index (χ0v) is 27.2. The van der Waals surface area contributed by atoms with Gasteiger partial charge in [-0.3, -0.25) is 0 Å². The Labute approximate surface area is 266 Å². The number of hydroxylamine groups is 2. The Morgan fingerprint density at radius 2 is 1.35 bits per heavy atom. The van der Waals surface area contributed by atoms with Gasteiger partial charge in [-0.2, -0.15) is 0 Å². The average molecular weight is 661 g/mol. The summed E-state index contributed by atoms with van der Waals surface area (Å²) in [5.74, 6) is 1.79. The number of fused-ring (bicyclic) bond motifs is 2. The number of aromatic nitrogens is 2. The van der Waals surface area contributed by atoms with E-state index in [9.17, 15) is 22.8 Å². The summed E-state index contributed by atoms with van der Waals surface area (Å²) >= 11 is 0. The molecule has 1 fully saturated rings. The molecule has 238 valence electrons. The van der Waals surface area contributed by atoms with Crippen molar-refractivity contribution in [1.82, 2.24) is 19.1 Å². The monoisotopic (exact) mass is 660 g/mol. The molecule has 3 heterocycles. The van der Waals surface area contributed by atoms with Crippen molar-refractivity contribution in [3.8, 4) is 0 Å². The number of benzene rings is 3. The van der Waals surface area contributed by atoms with Gasteiger partial charge in [0.1, 0.15) is 0 Å². The molecule has 1 saturated heterocycles. The van der Waals surface area contributed by atoms with E-state index in [1.807, 2.05) is 91.0 Å². The summed E-state index contributed by atoms with van der Waals surface area (Å²) in [6, 6.07) is 25.7. The van der Waals surface area contributed by atoms with Crippen molar-refractivity contribution in [2.24, 2.45) is 14.1 Å². The molecule has 2 amide bonds. The van der Waals surface area contributed by atoms with Gasteiger partial charge in [0.25, 0.3) is 0 Å². The summed E-state index contributed by atoms with van der Waals surface area (Å²) in [7, 11) is -2.17. The normalized spacial score (nSPS) is 17.6. The molecule has 2 aliphatic heterocycles. The Morgan fingerprint density at radius 3 is 1.85 bits per heavy atom. The number of hydrogen-bond acceptors (Lipinski definition) is 7. The fraction of sp³-hybridized carbons (Fsp3) is 0.182. The maximum atomic E-state index is 14.4. The number of urea groups is 1. The molecule has 0 aliphatic carbocycles. The first kappa shape index (κ1) is 31.4. The number of carbonyl (C=O) groups is 1. The third-order valence-electron chi connectivity index (χ3n) is 8.44. The van der Waals surface area contributed by atoms with Gasteiger partial charge in [0, 0.05) is 0 Å². The SMILES string of the molecule is CC=CP(OS(=O)(=O)ON1C(=O)N2CC=C(c3cn(C)c(=O)n(C)c3=O)C1C2)(c1ccccc1)(c1ccccc1)c1ccccc1. The van der Waals surface area contributed by atoms with E-state index in [1.165, 1.54) is 29.8 Å². The second kappa shape index (κ2) is 11.6. The Morgan fingerprint density at radius 1 is 0.826 bits per heavy atom. The van der Waals surface area contributed by atoms with E-state index in [2.05, 4.69) is 0 Å². The predicted molar refractivity (Wildman–Crippen MR) is 179 cm³/mol. The average Bonchev–Trinajstić information content (AvgIpc) is 3.30. The molecule has 1 aromatic heterocycles. The van der Waals surface area contributed by atoms with Gasteiger partial charge in [-0.25, -0.2) is 0 Å². The van der Waals surface area contributed by atoms with Crippen LogP contribution in [0, 0.1) is 0 Å². The van der Waals surface area contributed by atoms with E-state index >= 15 is 0 Å². The topological polar surface area (TPSA) is 120 Å².